The number of nitrogens with zero attached hydrogens (tertiary/aromatic N) is 1. The predicted molar refractivity (Wildman–Crippen MR) is 189 cm³/mol. The van der Waals surface area contributed by atoms with E-state index in [-0.39, 0.29) is 0 Å². The fourth-order valence-corrected chi connectivity index (χ4v) is 7.09. The van der Waals surface area contributed by atoms with Gasteiger partial charge in [0, 0.05) is 32.8 Å². The summed E-state index contributed by atoms with van der Waals surface area (Å²) in [5.41, 5.74) is 13.4. The summed E-state index contributed by atoms with van der Waals surface area (Å²) in [4.78, 5) is 0. The van der Waals surface area contributed by atoms with Gasteiger partial charge in [-0.15, -0.1) is 0 Å². The maximum Gasteiger partial charge on any atom is 0.144 e. The van der Waals surface area contributed by atoms with Gasteiger partial charge in [-0.3, -0.25) is 0 Å². The second-order valence-electron chi connectivity index (χ2n) is 11.8. The van der Waals surface area contributed by atoms with Crippen LogP contribution in [0.25, 0.3) is 82.8 Å². The van der Waals surface area contributed by atoms with Crippen LogP contribution in [0.15, 0.2) is 162 Å². The number of aryl methyl sites for hydroxylation is 1. The lowest BCUT2D eigenvalue weighted by molar-refractivity contribution is 0.667. The SMILES string of the molecule is Cc1cccc2c1oc1c(-c3ccccc3)c(-c3cccc(-n4c5ccccc5c5ccccc54)c3)cc(-c3ccccc3)c12. The lowest BCUT2D eigenvalue weighted by Crippen LogP contribution is -1.95. The molecule has 0 radical (unpaired) electrons. The number of rotatable bonds is 4. The summed E-state index contributed by atoms with van der Waals surface area (Å²) in [6, 6.07) is 56.5. The third-order valence-corrected chi connectivity index (χ3v) is 9.11. The van der Waals surface area contributed by atoms with Crippen molar-refractivity contribution in [2.45, 2.75) is 6.92 Å². The van der Waals surface area contributed by atoms with Gasteiger partial charge in [0.1, 0.15) is 11.2 Å². The Hall–Kier alpha value is -5.86. The normalized spacial score (nSPS) is 11.7. The first-order chi connectivity index (χ1) is 22.3. The predicted octanol–water partition coefficient (Wildman–Crippen LogP) is 12.0. The van der Waals surface area contributed by atoms with Crippen molar-refractivity contribution >= 4 is 43.7 Å². The van der Waals surface area contributed by atoms with E-state index in [0.29, 0.717) is 0 Å². The standard InChI is InChI=1S/C43H29NO/c1-28-14-12-23-35-41-36(29-15-4-2-5-16-29)27-37(40(43(41)45-42(28)35)30-17-6-3-7-18-30)31-19-13-20-32(26-31)44-38-24-10-8-21-33(38)34-22-9-11-25-39(34)44/h2-27H,1H3. The molecule has 0 fully saturated rings. The van der Waals surface area contributed by atoms with Gasteiger partial charge in [0.25, 0.3) is 0 Å². The van der Waals surface area contributed by atoms with Crippen molar-refractivity contribution in [2.24, 2.45) is 0 Å². The highest BCUT2D eigenvalue weighted by atomic mass is 16.3. The minimum absolute atomic E-state index is 0.920. The molecule has 2 aromatic heterocycles. The fourth-order valence-electron chi connectivity index (χ4n) is 7.09. The summed E-state index contributed by atoms with van der Waals surface area (Å²) in [7, 11) is 0. The van der Waals surface area contributed by atoms with Gasteiger partial charge in [0.15, 0.2) is 0 Å². The molecule has 0 amide bonds. The van der Waals surface area contributed by atoms with Crippen LogP contribution in [0.2, 0.25) is 0 Å². The van der Waals surface area contributed by atoms with Crippen molar-refractivity contribution in [1.29, 1.82) is 0 Å². The Morgan fingerprint density at radius 1 is 0.444 bits per heavy atom. The minimum Gasteiger partial charge on any atom is -0.455 e. The van der Waals surface area contributed by atoms with E-state index in [9.17, 15) is 0 Å². The largest absolute Gasteiger partial charge is 0.455 e. The Kier molecular flexibility index (Phi) is 5.76. The highest BCUT2D eigenvalue weighted by Crippen LogP contribution is 2.47. The number of furan rings is 1. The van der Waals surface area contributed by atoms with Crippen LogP contribution in [0.5, 0.6) is 0 Å². The minimum atomic E-state index is 0.920. The van der Waals surface area contributed by atoms with Gasteiger partial charge < -0.3 is 8.98 Å². The molecule has 45 heavy (non-hydrogen) atoms. The molecule has 9 aromatic rings. The highest BCUT2D eigenvalue weighted by molar-refractivity contribution is 6.19. The summed E-state index contributed by atoms with van der Waals surface area (Å²) in [5.74, 6) is 0. The van der Waals surface area contributed by atoms with Crippen LogP contribution in [-0.4, -0.2) is 4.57 Å². The number of hydrogen-bond acceptors (Lipinski definition) is 1. The Morgan fingerprint density at radius 2 is 1.02 bits per heavy atom. The summed E-state index contributed by atoms with van der Waals surface area (Å²) in [5, 5.41) is 4.82. The van der Waals surface area contributed by atoms with E-state index in [1.165, 1.54) is 32.9 Å². The third-order valence-electron chi connectivity index (χ3n) is 9.11. The number of benzene rings is 7. The number of hydrogen-bond donors (Lipinski definition) is 0. The highest BCUT2D eigenvalue weighted by Gasteiger charge is 2.23. The number of aromatic nitrogens is 1. The van der Waals surface area contributed by atoms with Crippen molar-refractivity contribution < 1.29 is 4.42 Å². The molecule has 212 valence electrons. The first kappa shape index (κ1) is 25.6. The van der Waals surface area contributed by atoms with E-state index in [0.717, 1.165) is 55.4 Å². The maximum atomic E-state index is 6.91. The maximum absolute atomic E-state index is 6.91. The summed E-state index contributed by atoms with van der Waals surface area (Å²) in [6.45, 7) is 2.13. The molecular weight excluding hydrogens is 546 g/mol. The molecule has 0 N–H and O–H groups in total. The first-order valence-corrected chi connectivity index (χ1v) is 15.4. The van der Waals surface area contributed by atoms with E-state index in [4.69, 9.17) is 4.42 Å². The van der Waals surface area contributed by atoms with Gasteiger partial charge in [-0.05, 0) is 70.6 Å². The van der Waals surface area contributed by atoms with Crippen molar-refractivity contribution in [2.75, 3.05) is 0 Å². The Balaban J connectivity index is 1.40. The van der Waals surface area contributed by atoms with Crippen molar-refractivity contribution in [3.8, 4) is 39.1 Å². The molecular formula is C43H29NO. The quantitative estimate of drug-likeness (QED) is 0.204. The van der Waals surface area contributed by atoms with E-state index in [1.54, 1.807) is 0 Å². The average Bonchev–Trinajstić information content (AvgIpc) is 3.66. The monoisotopic (exact) mass is 575 g/mol. The lowest BCUT2D eigenvalue weighted by atomic mass is 9.87. The van der Waals surface area contributed by atoms with Crippen LogP contribution < -0.4 is 0 Å². The average molecular weight is 576 g/mol. The molecule has 0 aliphatic carbocycles. The van der Waals surface area contributed by atoms with E-state index in [2.05, 4.69) is 169 Å². The Labute approximate surface area is 261 Å². The van der Waals surface area contributed by atoms with Crippen LogP contribution in [-0.2, 0) is 0 Å². The number of para-hydroxylation sites is 3. The zero-order chi connectivity index (χ0) is 29.9. The third kappa shape index (κ3) is 3.96. The van der Waals surface area contributed by atoms with Crippen LogP contribution in [0.4, 0.5) is 0 Å². The van der Waals surface area contributed by atoms with Gasteiger partial charge in [0.05, 0.1) is 11.0 Å². The Bertz CT molecular complexity index is 2480. The van der Waals surface area contributed by atoms with Crippen molar-refractivity contribution in [3.63, 3.8) is 0 Å². The van der Waals surface area contributed by atoms with E-state index < -0.39 is 0 Å². The summed E-state index contributed by atoms with van der Waals surface area (Å²) < 4.78 is 9.29. The smallest absolute Gasteiger partial charge is 0.144 e. The second kappa shape index (κ2) is 10.1. The van der Waals surface area contributed by atoms with Gasteiger partial charge in [-0.25, -0.2) is 0 Å². The molecule has 2 nitrogen and oxygen atoms in total. The van der Waals surface area contributed by atoms with Gasteiger partial charge in [0.2, 0.25) is 0 Å². The zero-order valence-corrected chi connectivity index (χ0v) is 24.9. The fraction of sp³-hybridized carbons (Fsp3) is 0.0233. The van der Waals surface area contributed by atoms with E-state index in [1.807, 2.05) is 0 Å². The van der Waals surface area contributed by atoms with Crippen LogP contribution >= 0.6 is 0 Å². The molecule has 0 atom stereocenters. The molecule has 9 rings (SSSR count). The molecule has 0 aliphatic heterocycles. The van der Waals surface area contributed by atoms with E-state index >= 15 is 0 Å². The second-order valence-corrected chi connectivity index (χ2v) is 11.8. The van der Waals surface area contributed by atoms with Crippen LogP contribution in [0.1, 0.15) is 5.56 Å². The summed E-state index contributed by atoms with van der Waals surface area (Å²) >= 11 is 0. The molecule has 0 aliphatic rings. The lowest BCUT2D eigenvalue weighted by Gasteiger charge is -2.16. The molecule has 2 heterocycles. The molecule has 0 bridgehead atoms. The first-order valence-electron chi connectivity index (χ1n) is 15.4. The Morgan fingerprint density at radius 3 is 1.73 bits per heavy atom. The van der Waals surface area contributed by atoms with Gasteiger partial charge in [-0.1, -0.05) is 127 Å². The van der Waals surface area contributed by atoms with Crippen LogP contribution in [0, 0.1) is 6.92 Å². The number of fused-ring (bicyclic) bond motifs is 6. The van der Waals surface area contributed by atoms with Crippen LogP contribution in [0.3, 0.4) is 0 Å². The van der Waals surface area contributed by atoms with Crippen molar-refractivity contribution in [3.05, 3.63) is 163 Å². The van der Waals surface area contributed by atoms with Gasteiger partial charge >= 0.3 is 0 Å². The summed E-state index contributed by atoms with van der Waals surface area (Å²) in [6.07, 6.45) is 0. The van der Waals surface area contributed by atoms with Gasteiger partial charge in [-0.2, -0.15) is 0 Å². The molecule has 0 spiro atoms. The van der Waals surface area contributed by atoms with Crippen molar-refractivity contribution in [1.82, 2.24) is 4.57 Å². The molecule has 0 unspecified atom stereocenters. The topological polar surface area (TPSA) is 18.1 Å². The molecule has 0 saturated heterocycles. The molecule has 2 heteroatoms. The molecule has 7 aromatic carbocycles. The zero-order valence-electron chi connectivity index (χ0n) is 24.9. The molecule has 0 saturated carbocycles.